The molecular weight excluding hydrogens is 441 g/mol. The van der Waals surface area contributed by atoms with Crippen LogP contribution in [0.1, 0.15) is 30.9 Å². The number of fused-ring (bicyclic) bond motifs is 3. The maximum Gasteiger partial charge on any atom is 0.419 e. The van der Waals surface area contributed by atoms with E-state index in [0.29, 0.717) is 0 Å². The second kappa shape index (κ2) is 9.13. The molecule has 33 heavy (non-hydrogen) atoms. The first-order valence-corrected chi connectivity index (χ1v) is 10.1. The predicted molar refractivity (Wildman–Crippen MR) is 112 cm³/mol. The Morgan fingerprint density at radius 1 is 1.00 bits per heavy atom. The maximum atomic E-state index is 12.8. The number of alkyl carbamates (subject to hydrolysis) is 1. The molecule has 0 saturated heterocycles. The number of ether oxygens (including phenoxy) is 1. The van der Waals surface area contributed by atoms with E-state index in [1.807, 2.05) is 48.5 Å². The van der Waals surface area contributed by atoms with E-state index < -0.39 is 35.6 Å². The molecule has 0 heterocycles. The summed E-state index contributed by atoms with van der Waals surface area (Å²) in [5.41, 5.74) is 2.61. The molecule has 0 bridgehead atoms. The highest BCUT2D eigenvalue weighted by Crippen LogP contribution is 2.44. The van der Waals surface area contributed by atoms with Crippen molar-refractivity contribution in [3.05, 3.63) is 59.7 Å². The largest absolute Gasteiger partial charge is 0.479 e. The van der Waals surface area contributed by atoms with Gasteiger partial charge in [-0.2, -0.15) is 13.2 Å². The van der Waals surface area contributed by atoms with Gasteiger partial charge >= 0.3 is 18.2 Å². The van der Waals surface area contributed by atoms with E-state index in [0.717, 1.165) is 22.3 Å². The van der Waals surface area contributed by atoms with Gasteiger partial charge in [0.25, 0.3) is 0 Å². The molecule has 0 fully saturated rings. The van der Waals surface area contributed by atoms with Gasteiger partial charge in [-0.15, -0.1) is 0 Å². The van der Waals surface area contributed by atoms with Crippen molar-refractivity contribution in [2.24, 2.45) is 5.41 Å². The maximum absolute atomic E-state index is 12.8. The lowest BCUT2D eigenvalue weighted by atomic mass is 9.92. The fraction of sp³-hybridized carbons (Fsp3) is 0.348. The van der Waals surface area contributed by atoms with E-state index in [9.17, 15) is 27.6 Å². The van der Waals surface area contributed by atoms with E-state index in [1.165, 1.54) is 19.2 Å². The van der Waals surface area contributed by atoms with E-state index in [2.05, 4.69) is 5.32 Å². The van der Waals surface area contributed by atoms with Crippen molar-refractivity contribution in [3.8, 4) is 11.1 Å². The average molecular weight is 464 g/mol. The summed E-state index contributed by atoms with van der Waals surface area (Å²) in [6.45, 7) is 2.23. The zero-order valence-electron chi connectivity index (χ0n) is 17.9. The Labute approximate surface area is 187 Å². The van der Waals surface area contributed by atoms with Crippen molar-refractivity contribution in [2.75, 3.05) is 13.2 Å². The monoisotopic (exact) mass is 464 g/mol. The van der Waals surface area contributed by atoms with Crippen LogP contribution in [0, 0.1) is 5.41 Å². The Morgan fingerprint density at radius 2 is 1.52 bits per heavy atom. The predicted octanol–water partition coefficient (Wildman–Crippen LogP) is 3.68. The van der Waals surface area contributed by atoms with Crippen LogP contribution in [0.5, 0.6) is 0 Å². The van der Waals surface area contributed by atoms with Gasteiger partial charge in [0.05, 0.1) is 5.41 Å². The first kappa shape index (κ1) is 24.1. The summed E-state index contributed by atoms with van der Waals surface area (Å²) < 4.78 is 43.8. The summed E-state index contributed by atoms with van der Waals surface area (Å²) in [5.74, 6) is -3.58. The molecule has 2 aromatic carbocycles. The van der Waals surface area contributed by atoms with Crippen molar-refractivity contribution < 1.29 is 37.4 Å². The van der Waals surface area contributed by atoms with Crippen LogP contribution in [0.4, 0.5) is 18.0 Å². The van der Waals surface area contributed by atoms with Gasteiger partial charge in [-0.3, -0.25) is 4.79 Å². The Morgan fingerprint density at radius 3 is 2.00 bits per heavy atom. The number of hydrogen-bond acceptors (Lipinski definition) is 4. The van der Waals surface area contributed by atoms with Gasteiger partial charge in [0.2, 0.25) is 11.9 Å². The number of carboxylic acid groups (broad SMARTS) is 1. The smallest absolute Gasteiger partial charge is 0.419 e. The molecule has 1 aliphatic rings. The number of carboxylic acids is 1. The quantitative estimate of drug-likeness (QED) is 0.580. The first-order valence-electron chi connectivity index (χ1n) is 10.1. The fourth-order valence-corrected chi connectivity index (χ4v) is 3.63. The van der Waals surface area contributed by atoms with Crippen LogP contribution >= 0.6 is 0 Å². The van der Waals surface area contributed by atoms with E-state index in [4.69, 9.17) is 9.84 Å². The topological polar surface area (TPSA) is 105 Å². The second-order valence-electron chi connectivity index (χ2n) is 8.35. The van der Waals surface area contributed by atoms with Crippen LogP contribution in [-0.4, -0.2) is 48.4 Å². The summed E-state index contributed by atoms with van der Waals surface area (Å²) in [4.78, 5) is 35.3. The second-order valence-corrected chi connectivity index (χ2v) is 8.35. The number of rotatable bonds is 7. The van der Waals surface area contributed by atoms with Crippen molar-refractivity contribution in [1.29, 1.82) is 0 Å². The van der Waals surface area contributed by atoms with Crippen molar-refractivity contribution >= 4 is 18.0 Å². The van der Waals surface area contributed by atoms with Gasteiger partial charge in [-0.25, -0.2) is 9.59 Å². The fourth-order valence-electron chi connectivity index (χ4n) is 3.63. The number of carbonyl (C=O) groups is 3. The molecule has 0 saturated carbocycles. The molecule has 0 spiro atoms. The molecule has 7 nitrogen and oxygen atoms in total. The number of amides is 2. The van der Waals surface area contributed by atoms with Crippen LogP contribution < -0.4 is 10.6 Å². The Hall–Kier alpha value is -3.56. The highest BCUT2D eigenvalue weighted by molar-refractivity contribution is 5.88. The minimum atomic E-state index is -5.15. The molecule has 3 rings (SSSR count). The van der Waals surface area contributed by atoms with Crippen molar-refractivity contribution in [1.82, 2.24) is 10.6 Å². The number of hydrogen-bond donors (Lipinski definition) is 3. The molecular formula is C23H23F3N2O5. The summed E-state index contributed by atoms with van der Waals surface area (Å²) in [6, 6.07) is 12.5. The Kier molecular flexibility index (Phi) is 6.66. The van der Waals surface area contributed by atoms with Gasteiger partial charge in [0, 0.05) is 12.5 Å². The number of alkyl halides is 3. The number of aliphatic carboxylic acids is 1. The molecule has 10 heteroatoms. The molecule has 2 amide bonds. The van der Waals surface area contributed by atoms with E-state index >= 15 is 0 Å². The summed E-state index contributed by atoms with van der Waals surface area (Å²) >= 11 is 0. The molecule has 1 aliphatic carbocycles. The van der Waals surface area contributed by atoms with Gasteiger partial charge < -0.3 is 20.5 Å². The third-order valence-electron chi connectivity index (χ3n) is 5.48. The zero-order chi connectivity index (χ0) is 24.4. The lowest BCUT2D eigenvalue weighted by molar-refractivity contribution is -0.183. The van der Waals surface area contributed by atoms with Crippen molar-refractivity contribution in [2.45, 2.75) is 32.0 Å². The molecule has 1 unspecified atom stereocenters. The molecule has 1 atom stereocenters. The summed E-state index contributed by atoms with van der Waals surface area (Å²) in [5, 5.41) is 12.6. The van der Waals surface area contributed by atoms with Crippen LogP contribution in [0.2, 0.25) is 0 Å². The zero-order valence-corrected chi connectivity index (χ0v) is 17.9. The Balaban J connectivity index is 1.58. The average Bonchev–Trinajstić information content (AvgIpc) is 3.07. The number of carbonyl (C=O) groups excluding carboxylic acids is 2. The standard InChI is InChI=1S/C23H23F3N2O5/c1-22(2,20(31)28-18(19(29)30)23(24,25)26)12-27-21(32)33-11-17-15-9-5-3-7-13(15)14-8-4-6-10-16(14)17/h3-10,17-18H,11-12H2,1-2H3,(H,27,32)(H,28,31)(H,29,30). The van der Waals surface area contributed by atoms with Gasteiger partial charge in [0.1, 0.15) is 6.61 Å². The Bertz CT molecular complexity index is 1020. The normalized spacial score (nSPS) is 14.1. The van der Waals surface area contributed by atoms with Crippen LogP contribution in [0.3, 0.4) is 0 Å². The third-order valence-corrected chi connectivity index (χ3v) is 5.48. The molecule has 176 valence electrons. The first-order chi connectivity index (χ1) is 15.4. The molecule has 0 aromatic heterocycles. The summed E-state index contributed by atoms with van der Waals surface area (Å²) in [7, 11) is 0. The molecule has 2 aromatic rings. The number of nitrogens with one attached hydrogen (secondary N) is 2. The SMILES string of the molecule is CC(C)(CNC(=O)OCC1c2ccccc2-c2ccccc21)C(=O)NC(C(=O)O)C(F)(F)F. The van der Waals surface area contributed by atoms with Gasteiger partial charge in [-0.05, 0) is 36.1 Å². The minimum absolute atomic E-state index is 0.0294. The minimum Gasteiger partial charge on any atom is -0.479 e. The molecule has 0 aliphatic heterocycles. The lowest BCUT2D eigenvalue weighted by Gasteiger charge is -2.27. The molecule has 3 N–H and O–H groups in total. The van der Waals surface area contributed by atoms with E-state index in [1.54, 1.807) is 0 Å². The highest BCUT2D eigenvalue weighted by Gasteiger charge is 2.47. The lowest BCUT2D eigenvalue weighted by Crippen LogP contribution is -2.55. The van der Waals surface area contributed by atoms with E-state index in [-0.39, 0.29) is 19.1 Å². The summed E-state index contributed by atoms with van der Waals surface area (Å²) in [6.07, 6.45) is -6.00. The van der Waals surface area contributed by atoms with Crippen LogP contribution in [0.15, 0.2) is 48.5 Å². The third kappa shape index (κ3) is 5.27. The van der Waals surface area contributed by atoms with Gasteiger partial charge in [-0.1, -0.05) is 48.5 Å². The van der Waals surface area contributed by atoms with Gasteiger partial charge in [0.15, 0.2) is 0 Å². The van der Waals surface area contributed by atoms with Crippen LogP contribution in [0.25, 0.3) is 11.1 Å². The number of benzene rings is 2. The highest BCUT2D eigenvalue weighted by atomic mass is 19.4. The van der Waals surface area contributed by atoms with Crippen LogP contribution in [-0.2, 0) is 14.3 Å². The number of halogens is 3. The molecule has 0 radical (unpaired) electrons. The van der Waals surface area contributed by atoms with Crippen molar-refractivity contribution in [3.63, 3.8) is 0 Å².